The van der Waals surface area contributed by atoms with Gasteiger partial charge in [-0.1, -0.05) is 17.7 Å². The summed E-state index contributed by atoms with van der Waals surface area (Å²) in [6.07, 6.45) is 6.82. The van der Waals surface area contributed by atoms with Crippen LogP contribution in [0.1, 0.15) is 24.0 Å². The van der Waals surface area contributed by atoms with Crippen molar-refractivity contribution in [1.82, 2.24) is 10.3 Å². The van der Waals surface area contributed by atoms with E-state index >= 15 is 0 Å². The molecule has 1 fully saturated rings. The molecule has 0 amide bonds. The van der Waals surface area contributed by atoms with Gasteiger partial charge in [0.1, 0.15) is 5.15 Å². The molecule has 0 bridgehead atoms. The molecule has 0 saturated carbocycles. The molecule has 1 aliphatic heterocycles. The number of aromatic nitrogens is 1. The molecule has 1 saturated heterocycles. The molecular weight excluding hydrogens is 232 g/mol. The number of aryl methyl sites for hydroxylation is 1. The third-order valence-corrected chi connectivity index (χ3v) is 4.34. The zero-order valence-corrected chi connectivity index (χ0v) is 10.8. The van der Waals surface area contributed by atoms with Gasteiger partial charge in [-0.2, -0.15) is 0 Å². The van der Waals surface area contributed by atoms with E-state index in [1.165, 1.54) is 24.0 Å². The van der Waals surface area contributed by atoms with E-state index in [2.05, 4.69) is 22.4 Å². The fraction of sp³-hybridized carbons (Fsp3) is 0.500. The lowest BCUT2D eigenvalue weighted by atomic mass is 9.89. The number of pyridine rings is 1. The van der Waals surface area contributed by atoms with Crippen molar-refractivity contribution >= 4 is 17.2 Å². The number of nitrogens with one attached hydrogen (secondary N) is 1. The van der Waals surface area contributed by atoms with Crippen molar-refractivity contribution in [2.24, 2.45) is 11.8 Å². The molecular formula is C14H17ClN2. The Balaban J connectivity index is 1.87. The maximum absolute atomic E-state index is 5.97. The molecule has 3 heteroatoms. The van der Waals surface area contributed by atoms with Crippen LogP contribution in [-0.2, 0) is 0 Å². The average molecular weight is 249 g/mol. The molecule has 2 unspecified atom stereocenters. The highest BCUT2D eigenvalue weighted by molar-refractivity contribution is 6.30. The summed E-state index contributed by atoms with van der Waals surface area (Å²) < 4.78 is 0. The molecule has 2 heterocycles. The third kappa shape index (κ3) is 2.12. The Morgan fingerprint density at radius 1 is 1.47 bits per heavy atom. The number of allylic oxidation sites excluding steroid dienone is 2. The van der Waals surface area contributed by atoms with E-state index in [0.29, 0.717) is 5.15 Å². The maximum atomic E-state index is 5.97. The summed E-state index contributed by atoms with van der Waals surface area (Å²) in [5, 5.41) is 4.10. The summed E-state index contributed by atoms with van der Waals surface area (Å²) in [6, 6.07) is 2.16. The second-order valence-electron chi connectivity index (χ2n) is 5.14. The lowest BCUT2D eigenvalue weighted by molar-refractivity contribution is 0.324. The summed E-state index contributed by atoms with van der Waals surface area (Å²) in [5.74, 6) is 1.55. The van der Waals surface area contributed by atoms with Gasteiger partial charge in [0.15, 0.2) is 0 Å². The van der Waals surface area contributed by atoms with E-state index in [-0.39, 0.29) is 0 Å². The van der Waals surface area contributed by atoms with E-state index in [1.807, 2.05) is 13.1 Å². The quantitative estimate of drug-likeness (QED) is 0.773. The van der Waals surface area contributed by atoms with Gasteiger partial charge in [-0.05, 0) is 67.5 Å². The van der Waals surface area contributed by atoms with E-state index in [0.717, 1.165) is 30.5 Å². The van der Waals surface area contributed by atoms with Gasteiger partial charge >= 0.3 is 0 Å². The van der Waals surface area contributed by atoms with Gasteiger partial charge < -0.3 is 5.32 Å². The smallest absolute Gasteiger partial charge is 0.131 e. The Labute approximate surface area is 107 Å². The zero-order valence-electron chi connectivity index (χ0n) is 10.0. The minimum atomic E-state index is 0.617. The van der Waals surface area contributed by atoms with Gasteiger partial charge in [0, 0.05) is 6.20 Å². The van der Waals surface area contributed by atoms with Gasteiger partial charge in [0.2, 0.25) is 0 Å². The van der Waals surface area contributed by atoms with Crippen LogP contribution < -0.4 is 5.32 Å². The number of rotatable bonds is 1. The van der Waals surface area contributed by atoms with Crippen molar-refractivity contribution in [2.45, 2.75) is 19.8 Å². The first-order valence-electron chi connectivity index (χ1n) is 6.28. The van der Waals surface area contributed by atoms with Crippen LogP contribution >= 0.6 is 11.6 Å². The van der Waals surface area contributed by atoms with Crippen molar-refractivity contribution in [3.8, 4) is 0 Å². The minimum Gasteiger partial charge on any atom is -0.316 e. The number of nitrogens with zero attached hydrogens (tertiary/aromatic N) is 1. The van der Waals surface area contributed by atoms with Crippen LogP contribution in [0.4, 0.5) is 0 Å². The van der Waals surface area contributed by atoms with Crippen LogP contribution in [0, 0.1) is 18.8 Å². The molecule has 0 radical (unpaired) electrons. The highest BCUT2D eigenvalue weighted by atomic mass is 35.5. The summed E-state index contributed by atoms with van der Waals surface area (Å²) in [7, 11) is 0. The monoisotopic (exact) mass is 248 g/mol. The normalized spacial score (nSPS) is 27.8. The van der Waals surface area contributed by atoms with Crippen molar-refractivity contribution in [3.05, 3.63) is 34.6 Å². The minimum absolute atomic E-state index is 0.617. The average Bonchev–Trinajstić information content (AvgIpc) is 2.76. The first-order chi connectivity index (χ1) is 8.24. The molecule has 3 rings (SSSR count). The van der Waals surface area contributed by atoms with Crippen LogP contribution in [0.5, 0.6) is 0 Å². The number of halogens is 1. The standard InChI is InChI=1S/C14H17ClN2/c1-9-4-12(8-17-14(9)15)11-5-10-2-3-16-7-13(10)6-11/h4-5,8,10,13,16H,2-3,6-7H2,1H3. The predicted octanol–water partition coefficient (Wildman–Crippen LogP) is 3.06. The van der Waals surface area contributed by atoms with Crippen molar-refractivity contribution < 1.29 is 0 Å². The van der Waals surface area contributed by atoms with Crippen molar-refractivity contribution in [2.75, 3.05) is 13.1 Å². The molecule has 1 aromatic heterocycles. The van der Waals surface area contributed by atoms with E-state index in [4.69, 9.17) is 11.6 Å². The van der Waals surface area contributed by atoms with Gasteiger partial charge in [-0.15, -0.1) is 0 Å². The Kier molecular flexibility index (Phi) is 2.93. The predicted molar refractivity (Wildman–Crippen MR) is 71.0 cm³/mol. The van der Waals surface area contributed by atoms with Gasteiger partial charge in [0.25, 0.3) is 0 Å². The first-order valence-corrected chi connectivity index (χ1v) is 6.66. The van der Waals surface area contributed by atoms with E-state index in [9.17, 15) is 0 Å². The largest absolute Gasteiger partial charge is 0.316 e. The Morgan fingerprint density at radius 2 is 2.35 bits per heavy atom. The van der Waals surface area contributed by atoms with Crippen LogP contribution in [0.25, 0.3) is 5.57 Å². The molecule has 1 aromatic rings. The lowest BCUT2D eigenvalue weighted by Gasteiger charge is -2.25. The molecule has 1 N–H and O–H groups in total. The van der Waals surface area contributed by atoms with Crippen molar-refractivity contribution in [3.63, 3.8) is 0 Å². The molecule has 2 nitrogen and oxygen atoms in total. The fourth-order valence-electron chi connectivity index (χ4n) is 2.94. The van der Waals surface area contributed by atoms with Crippen molar-refractivity contribution in [1.29, 1.82) is 0 Å². The second-order valence-corrected chi connectivity index (χ2v) is 5.50. The van der Waals surface area contributed by atoms with Gasteiger partial charge in [-0.3, -0.25) is 0 Å². The SMILES string of the molecule is Cc1cc(C2=CC3CCNCC3C2)cnc1Cl. The molecule has 17 heavy (non-hydrogen) atoms. The highest BCUT2D eigenvalue weighted by Gasteiger charge is 2.30. The molecule has 1 aliphatic carbocycles. The summed E-state index contributed by atoms with van der Waals surface area (Å²) in [4.78, 5) is 4.25. The summed E-state index contributed by atoms with van der Waals surface area (Å²) >= 11 is 5.97. The maximum Gasteiger partial charge on any atom is 0.131 e. The Morgan fingerprint density at radius 3 is 3.12 bits per heavy atom. The van der Waals surface area contributed by atoms with Crippen LogP contribution in [0.2, 0.25) is 5.15 Å². The van der Waals surface area contributed by atoms with Crippen LogP contribution in [0.15, 0.2) is 18.3 Å². The highest BCUT2D eigenvalue weighted by Crippen LogP contribution is 2.39. The number of fused-ring (bicyclic) bond motifs is 1. The first kappa shape index (κ1) is 11.2. The molecule has 0 spiro atoms. The molecule has 0 aromatic carbocycles. The van der Waals surface area contributed by atoms with E-state index < -0.39 is 0 Å². The topological polar surface area (TPSA) is 24.9 Å². The van der Waals surface area contributed by atoms with Crippen LogP contribution in [0.3, 0.4) is 0 Å². The Hall–Kier alpha value is -0.860. The number of hydrogen-bond acceptors (Lipinski definition) is 2. The Bertz CT molecular complexity index is 467. The third-order valence-electron chi connectivity index (χ3n) is 3.95. The van der Waals surface area contributed by atoms with Crippen LogP contribution in [-0.4, -0.2) is 18.1 Å². The van der Waals surface area contributed by atoms with Gasteiger partial charge in [0.05, 0.1) is 0 Å². The summed E-state index contributed by atoms with van der Waals surface area (Å²) in [5.41, 5.74) is 3.77. The summed E-state index contributed by atoms with van der Waals surface area (Å²) in [6.45, 7) is 4.33. The second kappa shape index (κ2) is 4.43. The number of piperidine rings is 1. The fourth-order valence-corrected chi connectivity index (χ4v) is 3.05. The zero-order chi connectivity index (χ0) is 11.8. The number of hydrogen-bond donors (Lipinski definition) is 1. The molecule has 2 atom stereocenters. The lowest BCUT2D eigenvalue weighted by Crippen LogP contribution is -2.33. The van der Waals surface area contributed by atoms with E-state index in [1.54, 1.807) is 0 Å². The molecule has 2 aliphatic rings. The van der Waals surface area contributed by atoms with Gasteiger partial charge in [-0.25, -0.2) is 4.98 Å². The molecule has 90 valence electrons.